The van der Waals surface area contributed by atoms with Crippen LogP contribution in [0.2, 0.25) is 0 Å². The van der Waals surface area contributed by atoms with Gasteiger partial charge in [0.1, 0.15) is 0 Å². The number of methoxy groups -OCH3 is 2. The van der Waals surface area contributed by atoms with Crippen molar-refractivity contribution in [2.75, 3.05) is 40.5 Å². The largest absolute Gasteiger partial charge is 0.383 e. The minimum absolute atomic E-state index is 0.254. The van der Waals surface area contributed by atoms with E-state index < -0.39 is 10.0 Å². The van der Waals surface area contributed by atoms with E-state index in [2.05, 4.69) is 10.0 Å². The number of nitrogens with one attached hydrogen (secondary N) is 2. The summed E-state index contributed by atoms with van der Waals surface area (Å²) in [4.78, 5) is 0.254. The minimum atomic E-state index is -3.47. The van der Waals surface area contributed by atoms with Gasteiger partial charge in [-0.2, -0.15) is 0 Å². The van der Waals surface area contributed by atoms with E-state index in [1.54, 1.807) is 32.4 Å². The second-order valence-corrected chi connectivity index (χ2v) is 5.99. The fourth-order valence-electron chi connectivity index (χ4n) is 1.63. The third kappa shape index (κ3) is 5.98. The summed E-state index contributed by atoms with van der Waals surface area (Å²) in [5.74, 6) is 0. The molecule has 0 amide bonds. The van der Waals surface area contributed by atoms with Crippen LogP contribution in [0, 0.1) is 0 Å². The van der Waals surface area contributed by atoms with Gasteiger partial charge in [-0.15, -0.1) is 0 Å². The minimum Gasteiger partial charge on any atom is -0.383 e. The Morgan fingerprint density at radius 1 is 1.10 bits per heavy atom. The van der Waals surface area contributed by atoms with Gasteiger partial charge in [0.2, 0.25) is 10.0 Å². The molecule has 0 radical (unpaired) electrons. The van der Waals surface area contributed by atoms with Crippen LogP contribution in [0.25, 0.3) is 0 Å². The van der Waals surface area contributed by atoms with Gasteiger partial charge in [-0.05, 0) is 17.7 Å². The summed E-state index contributed by atoms with van der Waals surface area (Å²) in [5, 5.41) is 3.07. The van der Waals surface area contributed by atoms with E-state index in [4.69, 9.17) is 9.47 Å². The highest BCUT2D eigenvalue weighted by molar-refractivity contribution is 7.89. The van der Waals surface area contributed by atoms with Gasteiger partial charge in [0, 0.05) is 33.9 Å². The fraction of sp³-hybridized carbons (Fsp3) is 0.538. The van der Waals surface area contributed by atoms with Crippen LogP contribution in [0.15, 0.2) is 29.2 Å². The zero-order valence-electron chi connectivity index (χ0n) is 11.9. The Bertz CT molecular complexity index is 491. The first-order valence-electron chi connectivity index (χ1n) is 6.37. The Labute approximate surface area is 120 Å². The lowest BCUT2D eigenvalue weighted by molar-refractivity contribution is 0.184. The van der Waals surface area contributed by atoms with Crippen LogP contribution in [0.1, 0.15) is 5.56 Å². The lowest BCUT2D eigenvalue weighted by Gasteiger charge is -2.09. The summed E-state index contributed by atoms with van der Waals surface area (Å²) in [6.07, 6.45) is 0. The molecule has 0 atom stereocenters. The average molecular weight is 302 g/mol. The SMILES string of the molecule is COCCNCCNS(=O)(=O)c1cccc(COC)c1. The molecule has 0 heterocycles. The molecule has 0 saturated carbocycles. The topological polar surface area (TPSA) is 76.7 Å². The van der Waals surface area contributed by atoms with Crippen LogP contribution in [0.3, 0.4) is 0 Å². The van der Waals surface area contributed by atoms with Crippen molar-refractivity contribution in [2.24, 2.45) is 0 Å². The van der Waals surface area contributed by atoms with Crippen LogP contribution in [-0.2, 0) is 26.1 Å². The monoisotopic (exact) mass is 302 g/mol. The van der Waals surface area contributed by atoms with Crippen molar-refractivity contribution in [1.82, 2.24) is 10.0 Å². The van der Waals surface area contributed by atoms with Gasteiger partial charge in [0.25, 0.3) is 0 Å². The summed E-state index contributed by atoms with van der Waals surface area (Å²) >= 11 is 0. The number of hydrogen-bond acceptors (Lipinski definition) is 5. The maximum atomic E-state index is 12.1. The summed E-state index contributed by atoms with van der Waals surface area (Å²) in [6.45, 7) is 2.58. The first-order chi connectivity index (χ1) is 9.60. The smallest absolute Gasteiger partial charge is 0.240 e. The molecule has 1 rings (SSSR count). The van der Waals surface area contributed by atoms with E-state index in [-0.39, 0.29) is 4.90 Å². The van der Waals surface area contributed by atoms with E-state index >= 15 is 0 Å². The van der Waals surface area contributed by atoms with E-state index in [0.717, 1.165) is 5.56 Å². The Kier molecular flexibility index (Phi) is 7.71. The lowest BCUT2D eigenvalue weighted by atomic mass is 10.2. The van der Waals surface area contributed by atoms with Gasteiger partial charge >= 0.3 is 0 Å². The lowest BCUT2D eigenvalue weighted by Crippen LogP contribution is -2.33. The molecule has 0 spiro atoms. The molecule has 6 nitrogen and oxygen atoms in total. The number of sulfonamides is 1. The van der Waals surface area contributed by atoms with Crippen molar-refractivity contribution in [3.05, 3.63) is 29.8 Å². The van der Waals surface area contributed by atoms with Gasteiger partial charge in [0.05, 0.1) is 18.1 Å². The predicted octanol–water partition coefficient (Wildman–Crippen LogP) is 0.347. The van der Waals surface area contributed by atoms with E-state index in [1.165, 1.54) is 0 Å². The van der Waals surface area contributed by atoms with Crippen LogP contribution < -0.4 is 10.0 Å². The molecule has 1 aromatic carbocycles. The van der Waals surface area contributed by atoms with Crippen molar-refractivity contribution in [3.8, 4) is 0 Å². The van der Waals surface area contributed by atoms with Crippen molar-refractivity contribution in [1.29, 1.82) is 0 Å². The summed E-state index contributed by atoms with van der Waals surface area (Å²) in [6, 6.07) is 6.72. The molecular weight excluding hydrogens is 280 g/mol. The highest BCUT2D eigenvalue weighted by Crippen LogP contribution is 2.11. The van der Waals surface area contributed by atoms with Crippen molar-refractivity contribution in [3.63, 3.8) is 0 Å². The molecule has 7 heteroatoms. The van der Waals surface area contributed by atoms with Gasteiger partial charge in [-0.25, -0.2) is 13.1 Å². The highest BCUT2D eigenvalue weighted by atomic mass is 32.2. The molecule has 0 aromatic heterocycles. The predicted molar refractivity (Wildman–Crippen MR) is 77.1 cm³/mol. The maximum Gasteiger partial charge on any atom is 0.240 e. The van der Waals surface area contributed by atoms with Crippen LogP contribution in [-0.4, -0.2) is 48.9 Å². The maximum absolute atomic E-state index is 12.1. The van der Waals surface area contributed by atoms with E-state index in [9.17, 15) is 8.42 Å². The molecule has 20 heavy (non-hydrogen) atoms. The van der Waals surface area contributed by atoms with E-state index in [0.29, 0.717) is 32.8 Å². The van der Waals surface area contributed by atoms with Gasteiger partial charge in [0.15, 0.2) is 0 Å². The second kappa shape index (κ2) is 9.04. The number of ether oxygens (including phenoxy) is 2. The Morgan fingerprint density at radius 3 is 2.60 bits per heavy atom. The average Bonchev–Trinajstić information content (AvgIpc) is 2.43. The molecule has 0 aliphatic carbocycles. The Morgan fingerprint density at radius 2 is 1.90 bits per heavy atom. The molecule has 0 unspecified atom stereocenters. The number of benzene rings is 1. The van der Waals surface area contributed by atoms with Crippen molar-refractivity contribution < 1.29 is 17.9 Å². The van der Waals surface area contributed by atoms with Crippen LogP contribution in [0.5, 0.6) is 0 Å². The molecule has 0 fully saturated rings. The summed E-state index contributed by atoms with van der Waals surface area (Å²) < 4.78 is 36.6. The normalized spacial score (nSPS) is 11.7. The number of rotatable bonds is 10. The van der Waals surface area contributed by atoms with Gasteiger partial charge < -0.3 is 14.8 Å². The van der Waals surface area contributed by atoms with Crippen molar-refractivity contribution in [2.45, 2.75) is 11.5 Å². The van der Waals surface area contributed by atoms with E-state index in [1.807, 2.05) is 6.07 Å². The Balaban J connectivity index is 2.49. The molecule has 1 aromatic rings. The Hall–Kier alpha value is -0.990. The van der Waals surface area contributed by atoms with Gasteiger partial charge in [-0.1, -0.05) is 12.1 Å². The third-order valence-electron chi connectivity index (χ3n) is 2.60. The van der Waals surface area contributed by atoms with Gasteiger partial charge in [-0.3, -0.25) is 0 Å². The zero-order chi connectivity index (χ0) is 14.8. The highest BCUT2D eigenvalue weighted by Gasteiger charge is 2.13. The molecule has 0 saturated heterocycles. The second-order valence-electron chi connectivity index (χ2n) is 4.22. The fourth-order valence-corrected chi connectivity index (χ4v) is 2.73. The molecule has 0 aliphatic heterocycles. The first kappa shape index (κ1) is 17.1. The molecule has 2 N–H and O–H groups in total. The summed E-state index contributed by atoms with van der Waals surface area (Å²) in [5.41, 5.74) is 0.827. The third-order valence-corrected chi connectivity index (χ3v) is 4.06. The standard InChI is InChI=1S/C13H22N2O4S/c1-18-9-8-14-6-7-15-20(16,17)13-5-3-4-12(10-13)11-19-2/h3-5,10,14-15H,6-9,11H2,1-2H3. The van der Waals surface area contributed by atoms with Crippen molar-refractivity contribution >= 4 is 10.0 Å². The summed E-state index contributed by atoms with van der Waals surface area (Å²) in [7, 11) is -0.274. The molecule has 0 aliphatic rings. The zero-order valence-corrected chi connectivity index (χ0v) is 12.7. The molecular formula is C13H22N2O4S. The van der Waals surface area contributed by atoms with Crippen LogP contribution >= 0.6 is 0 Å². The van der Waals surface area contributed by atoms with Crippen LogP contribution in [0.4, 0.5) is 0 Å². The molecule has 0 bridgehead atoms. The molecule has 114 valence electrons. The number of hydrogen-bond donors (Lipinski definition) is 2. The quantitative estimate of drug-likeness (QED) is 0.610. The first-order valence-corrected chi connectivity index (χ1v) is 7.85.